The van der Waals surface area contributed by atoms with Gasteiger partial charge in [-0.15, -0.1) is 0 Å². The molecule has 2 heterocycles. The summed E-state index contributed by atoms with van der Waals surface area (Å²) < 4.78 is 1.71. The fourth-order valence-corrected chi connectivity index (χ4v) is 4.31. The van der Waals surface area contributed by atoms with Crippen LogP contribution in [0.2, 0.25) is 0 Å². The summed E-state index contributed by atoms with van der Waals surface area (Å²) in [6.07, 6.45) is 9.61. The van der Waals surface area contributed by atoms with E-state index in [1.165, 1.54) is 19.3 Å². The summed E-state index contributed by atoms with van der Waals surface area (Å²) in [5, 5.41) is 7.27. The van der Waals surface area contributed by atoms with Crippen LogP contribution in [0.1, 0.15) is 43.7 Å². The lowest BCUT2D eigenvalue weighted by molar-refractivity contribution is -0.137. The highest BCUT2D eigenvalue weighted by molar-refractivity contribution is 5.83. The first-order chi connectivity index (χ1) is 13.5. The van der Waals surface area contributed by atoms with Gasteiger partial charge in [-0.1, -0.05) is 19.3 Å². The molecule has 156 valence electrons. The Morgan fingerprint density at radius 2 is 1.89 bits per heavy atom. The molecule has 1 aromatic rings. The van der Waals surface area contributed by atoms with Crippen LogP contribution in [0.4, 0.5) is 0 Å². The third kappa shape index (κ3) is 4.91. The number of aromatic nitrogens is 2. The van der Waals surface area contributed by atoms with Gasteiger partial charge in [0.05, 0.1) is 12.7 Å². The van der Waals surface area contributed by atoms with E-state index in [9.17, 15) is 9.59 Å². The summed E-state index contributed by atoms with van der Waals surface area (Å²) in [6.45, 7) is 3.22. The molecule has 1 unspecified atom stereocenters. The number of hydrogen-bond acceptors (Lipinski definition) is 5. The molecule has 3 rings (SSSR count). The highest BCUT2D eigenvalue weighted by atomic mass is 16.2. The standard InChI is InChI=1S/C20H34N6O2/c1-21-19(16-13-22-23(2)14-16)20(28)26-11-9-25(10-12-26)15-18(27)24(3)17-7-5-4-6-8-17/h13-14,17,19,21H,4-12,15H2,1-3H3. The first-order valence-corrected chi connectivity index (χ1v) is 10.4. The van der Waals surface area contributed by atoms with Crippen molar-refractivity contribution in [2.45, 2.75) is 44.2 Å². The number of nitrogens with zero attached hydrogens (tertiary/aromatic N) is 5. The summed E-state index contributed by atoms with van der Waals surface area (Å²) >= 11 is 0. The predicted octanol–water partition coefficient (Wildman–Crippen LogP) is 0.616. The minimum Gasteiger partial charge on any atom is -0.342 e. The zero-order chi connectivity index (χ0) is 20.1. The zero-order valence-corrected chi connectivity index (χ0v) is 17.4. The molecule has 2 fully saturated rings. The lowest BCUT2D eigenvalue weighted by Gasteiger charge is -2.37. The molecule has 8 nitrogen and oxygen atoms in total. The van der Waals surface area contributed by atoms with E-state index in [4.69, 9.17) is 0 Å². The fraction of sp³-hybridized carbons (Fsp3) is 0.750. The first kappa shape index (κ1) is 20.8. The normalized spacial score (nSPS) is 20.2. The summed E-state index contributed by atoms with van der Waals surface area (Å²) in [5.74, 6) is 0.274. The number of piperazine rings is 1. The molecule has 1 aromatic heterocycles. The number of carbonyl (C=O) groups is 2. The second-order valence-corrected chi connectivity index (χ2v) is 8.07. The van der Waals surface area contributed by atoms with Crippen molar-refractivity contribution in [2.75, 3.05) is 46.8 Å². The van der Waals surface area contributed by atoms with Gasteiger partial charge < -0.3 is 15.1 Å². The molecule has 0 bridgehead atoms. The fourth-order valence-electron chi connectivity index (χ4n) is 4.31. The Kier molecular flexibility index (Phi) is 7.07. The number of nitrogens with one attached hydrogen (secondary N) is 1. The molecule has 0 aromatic carbocycles. The molecule has 8 heteroatoms. The third-order valence-corrected chi connectivity index (χ3v) is 6.15. The Balaban J connectivity index is 1.48. The van der Waals surface area contributed by atoms with Crippen LogP contribution in [0.5, 0.6) is 0 Å². The molecular formula is C20H34N6O2. The van der Waals surface area contributed by atoms with Crippen molar-refractivity contribution in [2.24, 2.45) is 7.05 Å². The van der Waals surface area contributed by atoms with Crippen molar-refractivity contribution >= 4 is 11.8 Å². The lowest BCUT2D eigenvalue weighted by atomic mass is 9.94. The monoisotopic (exact) mass is 390 g/mol. The van der Waals surface area contributed by atoms with Crippen LogP contribution in [0.25, 0.3) is 0 Å². The van der Waals surface area contributed by atoms with Crippen molar-refractivity contribution in [3.05, 3.63) is 18.0 Å². The van der Waals surface area contributed by atoms with Gasteiger partial charge in [0.15, 0.2) is 0 Å². The van der Waals surface area contributed by atoms with Gasteiger partial charge in [0, 0.05) is 58.1 Å². The summed E-state index contributed by atoms with van der Waals surface area (Å²) in [5.41, 5.74) is 0.877. The molecule has 2 amide bonds. The first-order valence-electron chi connectivity index (χ1n) is 10.4. The van der Waals surface area contributed by atoms with Crippen molar-refractivity contribution in [1.82, 2.24) is 29.8 Å². The van der Waals surface area contributed by atoms with Crippen LogP contribution >= 0.6 is 0 Å². The Labute approximate surface area is 167 Å². The van der Waals surface area contributed by atoms with Crippen LogP contribution < -0.4 is 5.32 Å². The molecule has 1 saturated carbocycles. The average Bonchev–Trinajstić information content (AvgIpc) is 3.15. The van der Waals surface area contributed by atoms with Crippen molar-refractivity contribution < 1.29 is 9.59 Å². The van der Waals surface area contributed by atoms with Crippen LogP contribution in [0, 0.1) is 0 Å². The molecule has 2 aliphatic rings. The molecule has 0 radical (unpaired) electrons. The smallest absolute Gasteiger partial charge is 0.244 e. The quantitative estimate of drug-likeness (QED) is 0.771. The number of hydrogen-bond donors (Lipinski definition) is 1. The Morgan fingerprint density at radius 3 is 2.46 bits per heavy atom. The maximum Gasteiger partial charge on any atom is 0.244 e. The molecule has 1 aliphatic heterocycles. The predicted molar refractivity (Wildman–Crippen MR) is 108 cm³/mol. The topological polar surface area (TPSA) is 73.7 Å². The summed E-state index contributed by atoms with van der Waals surface area (Å²) in [6, 6.07) is 0.0271. The van der Waals surface area contributed by atoms with Gasteiger partial charge in [0.2, 0.25) is 11.8 Å². The molecular weight excluding hydrogens is 356 g/mol. The molecule has 1 saturated heterocycles. The van der Waals surface area contributed by atoms with Crippen molar-refractivity contribution in [1.29, 1.82) is 0 Å². The largest absolute Gasteiger partial charge is 0.342 e. The number of rotatable bonds is 6. The Morgan fingerprint density at radius 1 is 1.21 bits per heavy atom. The van der Waals surface area contributed by atoms with Crippen LogP contribution in [0.3, 0.4) is 0 Å². The Bertz CT molecular complexity index is 661. The van der Waals surface area contributed by atoms with Gasteiger partial charge in [0.1, 0.15) is 6.04 Å². The van der Waals surface area contributed by atoms with E-state index in [2.05, 4.69) is 15.3 Å². The van der Waals surface area contributed by atoms with Gasteiger partial charge in [-0.3, -0.25) is 19.2 Å². The molecule has 1 atom stereocenters. The highest BCUT2D eigenvalue weighted by Crippen LogP contribution is 2.22. The zero-order valence-electron chi connectivity index (χ0n) is 17.4. The second kappa shape index (κ2) is 9.52. The molecule has 0 spiro atoms. The maximum atomic E-state index is 12.9. The second-order valence-electron chi connectivity index (χ2n) is 8.07. The van der Waals surface area contributed by atoms with Gasteiger partial charge >= 0.3 is 0 Å². The van der Waals surface area contributed by atoms with Gasteiger partial charge in [-0.25, -0.2) is 0 Å². The van der Waals surface area contributed by atoms with E-state index >= 15 is 0 Å². The highest BCUT2D eigenvalue weighted by Gasteiger charge is 2.30. The lowest BCUT2D eigenvalue weighted by Crippen LogP contribution is -2.53. The van der Waals surface area contributed by atoms with E-state index in [1.807, 2.05) is 30.1 Å². The van der Waals surface area contributed by atoms with Crippen LogP contribution in [-0.4, -0.2) is 89.2 Å². The molecule has 1 N–H and O–H groups in total. The summed E-state index contributed by atoms with van der Waals surface area (Å²) in [7, 11) is 5.59. The van der Waals surface area contributed by atoms with E-state index < -0.39 is 0 Å². The van der Waals surface area contributed by atoms with Crippen LogP contribution in [-0.2, 0) is 16.6 Å². The van der Waals surface area contributed by atoms with Crippen LogP contribution in [0.15, 0.2) is 12.4 Å². The minimum absolute atomic E-state index is 0.0702. The van der Waals surface area contributed by atoms with Crippen molar-refractivity contribution in [3.63, 3.8) is 0 Å². The Hall–Kier alpha value is -1.93. The van der Waals surface area contributed by atoms with E-state index in [-0.39, 0.29) is 17.9 Å². The average molecular weight is 391 g/mol. The third-order valence-electron chi connectivity index (χ3n) is 6.15. The van der Waals surface area contributed by atoms with E-state index in [0.29, 0.717) is 25.7 Å². The van der Waals surface area contributed by atoms with Gasteiger partial charge in [-0.2, -0.15) is 5.10 Å². The minimum atomic E-state index is -0.376. The number of likely N-dealkylation sites (N-methyl/N-ethyl adjacent to an activating group) is 2. The maximum absolute atomic E-state index is 12.9. The number of carbonyl (C=O) groups excluding carboxylic acids is 2. The van der Waals surface area contributed by atoms with Gasteiger partial charge in [-0.05, 0) is 19.9 Å². The van der Waals surface area contributed by atoms with Crippen molar-refractivity contribution in [3.8, 4) is 0 Å². The molecule has 28 heavy (non-hydrogen) atoms. The van der Waals surface area contributed by atoms with E-state index in [1.54, 1.807) is 17.9 Å². The summed E-state index contributed by atoms with van der Waals surface area (Å²) in [4.78, 5) is 31.6. The van der Waals surface area contributed by atoms with Gasteiger partial charge in [0.25, 0.3) is 0 Å². The SMILES string of the molecule is CNC(C(=O)N1CCN(CC(=O)N(C)C2CCCCC2)CC1)c1cnn(C)c1. The number of amides is 2. The molecule has 1 aliphatic carbocycles. The van der Waals surface area contributed by atoms with E-state index in [0.717, 1.165) is 31.5 Å². The number of aryl methyl sites for hydroxylation is 1.